The molecule has 0 N–H and O–H groups in total. The van der Waals surface area contributed by atoms with E-state index in [2.05, 4.69) is 182 Å². The van der Waals surface area contributed by atoms with Crippen LogP contribution in [0.1, 0.15) is 0 Å². The van der Waals surface area contributed by atoms with Crippen LogP contribution in [-0.2, 0) is 0 Å². The van der Waals surface area contributed by atoms with Crippen LogP contribution < -0.4 is 0 Å². The zero-order valence-electron chi connectivity index (χ0n) is 31.1. The Morgan fingerprint density at radius 2 is 0.879 bits per heavy atom. The molecular weight excluding hydrogens is 743 g/mol. The van der Waals surface area contributed by atoms with Gasteiger partial charge >= 0.3 is 0 Å². The highest BCUT2D eigenvalue weighted by Gasteiger charge is 2.19. The van der Waals surface area contributed by atoms with Crippen LogP contribution in [0.2, 0.25) is 0 Å². The molecule has 0 spiro atoms. The van der Waals surface area contributed by atoms with E-state index in [9.17, 15) is 0 Å². The van der Waals surface area contributed by atoms with Gasteiger partial charge in [-0.1, -0.05) is 146 Å². The molecule has 5 heteroatoms. The highest BCUT2D eigenvalue weighted by Crippen LogP contribution is 2.45. The molecule has 58 heavy (non-hydrogen) atoms. The molecule has 12 aromatic rings. The summed E-state index contributed by atoms with van der Waals surface area (Å²) in [7, 11) is 0. The number of hydrogen-bond acceptors (Lipinski definition) is 5. The minimum atomic E-state index is 0.727. The van der Waals surface area contributed by atoms with Crippen molar-refractivity contribution < 1.29 is 0 Å². The summed E-state index contributed by atoms with van der Waals surface area (Å²) in [6, 6.07) is 67.1. The lowest BCUT2D eigenvalue weighted by atomic mass is 9.94. The van der Waals surface area contributed by atoms with Gasteiger partial charge in [-0.3, -0.25) is 0 Å². The smallest absolute Gasteiger partial charge is 0.161 e. The Hall–Kier alpha value is -7.05. The average Bonchev–Trinajstić information content (AvgIpc) is 3.88. The van der Waals surface area contributed by atoms with Gasteiger partial charge in [0, 0.05) is 78.8 Å². The van der Waals surface area contributed by atoms with Crippen molar-refractivity contribution in [3.8, 4) is 56.3 Å². The molecule has 0 amide bonds. The minimum absolute atomic E-state index is 0.727. The van der Waals surface area contributed by atoms with Gasteiger partial charge in [-0.15, -0.1) is 22.7 Å². The van der Waals surface area contributed by atoms with Crippen molar-refractivity contribution in [2.75, 3.05) is 0 Å². The van der Waals surface area contributed by atoms with E-state index in [1.165, 1.54) is 51.1 Å². The third kappa shape index (κ3) is 5.36. The molecule has 0 unspecified atom stereocenters. The summed E-state index contributed by atoms with van der Waals surface area (Å²) in [4.78, 5) is 15.8. The van der Waals surface area contributed by atoms with Gasteiger partial charge in [0.2, 0.25) is 0 Å². The number of benzene rings is 8. The van der Waals surface area contributed by atoms with Gasteiger partial charge in [0.15, 0.2) is 5.82 Å². The second-order valence-electron chi connectivity index (χ2n) is 14.7. The minimum Gasteiger partial charge on any atom is -0.247 e. The molecule has 0 fully saturated rings. The fraction of sp³-hybridized carbons (Fsp3) is 0. The maximum absolute atomic E-state index is 5.32. The van der Waals surface area contributed by atoms with Crippen molar-refractivity contribution in [1.29, 1.82) is 0 Å². The summed E-state index contributed by atoms with van der Waals surface area (Å²) in [6.45, 7) is 0. The molecule has 8 aromatic carbocycles. The number of fused-ring (bicyclic) bond motifs is 10. The third-order valence-electron chi connectivity index (χ3n) is 11.3. The van der Waals surface area contributed by atoms with E-state index >= 15 is 0 Å². The number of aromatic nitrogens is 3. The zero-order chi connectivity index (χ0) is 38.2. The second kappa shape index (κ2) is 13.3. The molecule has 0 aliphatic carbocycles. The Labute approximate surface area is 342 Å². The molecule has 0 aliphatic rings. The topological polar surface area (TPSA) is 38.7 Å². The number of pyridine rings is 1. The van der Waals surface area contributed by atoms with Crippen LogP contribution in [0.4, 0.5) is 0 Å². The van der Waals surface area contributed by atoms with Crippen molar-refractivity contribution in [1.82, 2.24) is 15.0 Å². The number of hydrogen-bond donors (Lipinski definition) is 0. The Morgan fingerprint density at radius 1 is 0.310 bits per heavy atom. The monoisotopic (exact) mass is 773 g/mol. The molecule has 0 radical (unpaired) electrons. The van der Waals surface area contributed by atoms with Gasteiger partial charge < -0.3 is 0 Å². The molecule has 0 bridgehead atoms. The second-order valence-corrected chi connectivity index (χ2v) is 16.9. The number of thiophene rings is 2. The molecule has 270 valence electrons. The van der Waals surface area contributed by atoms with Gasteiger partial charge in [-0.05, 0) is 53.6 Å². The van der Waals surface area contributed by atoms with Crippen molar-refractivity contribution >= 4 is 84.7 Å². The molecular formula is C53H31N3S2. The van der Waals surface area contributed by atoms with Crippen LogP contribution in [0, 0.1) is 0 Å². The molecule has 12 rings (SSSR count). The van der Waals surface area contributed by atoms with Gasteiger partial charge in [-0.2, -0.15) is 0 Å². The van der Waals surface area contributed by atoms with E-state index < -0.39 is 0 Å². The van der Waals surface area contributed by atoms with Gasteiger partial charge in [0.05, 0.1) is 22.6 Å². The first-order chi connectivity index (χ1) is 28.7. The van der Waals surface area contributed by atoms with E-state index in [1.54, 1.807) is 0 Å². The molecule has 3 nitrogen and oxygen atoms in total. The van der Waals surface area contributed by atoms with E-state index in [1.807, 2.05) is 28.7 Å². The maximum atomic E-state index is 5.32. The Kier molecular flexibility index (Phi) is 7.58. The quantitative estimate of drug-likeness (QED) is 0.164. The SMILES string of the molecule is c1ccc(-c2cc(-c3ccc(-c4ccc5nc(-c6ccccc6)c6ccc7sc8ccccc8c7c6c5c4)cc3)nc(-c3cccc4sc5ccccc5c34)n2)cc1. The molecule has 0 atom stereocenters. The molecule has 4 heterocycles. The van der Waals surface area contributed by atoms with Crippen LogP contribution in [0.15, 0.2) is 188 Å². The largest absolute Gasteiger partial charge is 0.247 e. The Balaban J connectivity index is 1.02. The first-order valence-corrected chi connectivity index (χ1v) is 21.1. The van der Waals surface area contributed by atoms with Gasteiger partial charge in [0.25, 0.3) is 0 Å². The molecule has 0 aliphatic heterocycles. The predicted octanol–water partition coefficient (Wildman–Crippen LogP) is 15.2. The highest BCUT2D eigenvalue weighted by atomic mass is 32.1. The zero-order valence-corrected chi connectivity index (χ0v) is 32.7. The fourth-order valence-corrected chi connectivity index (χ4v) is 10.8. The first-order valence-electron chi connectivity index (χ1n) is 19.4. The van der Waals surface area contributed by atoms with E-state index in [0.29, 0.717) is 0 Å². The molecule has 0 saturated carbocycles. The summed E-state index contributed by atoms with van der Waals surface area (Å²) in [5.41, 5.74) is 10.4. The summed E-state index contributed by atoms with van der Waals surface area (Å²) in [5, 5.41) is 8.62. The molecule has 4 aromatic heterocycles. The van der Waals surface area contributed by atoms with Crippen LogP contribution in [-0.4, -0.2) is 15.0 Å². The van der Waals surface area contributed by atoms with Crippen LogP contribution in [0.5, 0.6) is 0 Å². The predicted molar refractivity (Wildman–Crippen MR) is 248 cm³/mol. The van der Waals surface area contributed by atoms with Crippen LogP contribution >= 0.6 is 22.7 Å². The number of nitrogens with zero attached hydrogens (tertiary/aromatic N) is 3. The van der Waals surface area contributed by atoms with Crippen LogP contribution in [0.3, 0.4) is 0 Å². The Bertz CT molecular complexity index is 3550. The maximum Gasteiger partial charge on any atom is 0.161 e. The average molecular weight is 774 g/mol. The van der Waals surface area contributed by atoms with Gasteiger partial charge in [0.1, 0.15) is 0 Å². The summed E-state index contributed by atoms with van der Waals surface area (Å²) in [5.74, 6) is 0.727. The van der Waals surface area contributed by atoms with Crippen molar-refractivity contribution in [3.63, 3.8) is 0 Å². The van der Waals surface area contributed by atoms with Crippen molar-refractivity contribution in [2.24, 2.45) is 0 Å². The number of rotatable bonds is 5. The fourth-order valence-electron chi connectivity index (χ4n) is 8.57. The Morgan fingerprint density at radius 3 is 1.60 bits per heavy atom. The van der Waals surface area contributed by atoms with Crippen LogP contribution in [0.25, 0.3) is 118 Å². The van der Waals surface area contributed by atoms with E-state index in [4.69, 9.17) is 15.0 Å². The summed E-state index contributed by atoms with van der Waals surface area (Å²) >= 11 is 3.67. The summed E-state index contributed by atoms with van der Waals surface area (Å²) in [6.07, 6.45) is 0. The lowest BCUT2D eigenvalue weighted by molar-refractivity contribution is 1.19. The summed E-state index contributed by atoms with van der Waals surface area (Å²) < 4.78 is 5.09. The van der Waals surface area contributed by atoms with E-state index in [-0.39, 0.29) is 0 Å². The molecule has 0 saturated heterocycles. The first kappa shape index (κ1) is 33.1. The van der Waals surface area contributed by atoms with Crippen molar-refractivity contribution in [2.45, 2.75) is 0 Å². The lowest BCUT2D eigenvalue weighted by Gasteiger charge is -2.13. The third-order valence-corrected chi connectivity index (χ3v) is 13.6. The lowest BCUT2D eigenvalue weighted by Crippen LogP contribution is -1.96. The standard InChI is InChI=1S/C53H31N3S2/c1-3-12-33(13-4-1)43-31-44(56-53(55-43)40-18-11-21-47-49(40)37-16-7-9-19-45(37)57-47)34-24-22-32(23-25-34)36-26-28-42-41(30-36)50-39(52(54-42)35-14-5-2-6-15-35)27-29-48-51(50)38-17-8-10-20-46(38)58-48/h1-31H. The van der Waals surface area contributed by atoms with Crippen molar-refractivity contribution in [3.05, 3.63) is 188 Å². The normalized spacial score (nSPS) is 11.8. The van der Waals surface area contributed by atoms with Gasteiger partial charge in [-0.25, -0.2) is 15.0 Å². The highest BCUT2D eigenvalue weighted by molar-refractivity contribution is 7.26. The van der Waals surface area contributed by atoms with E-state index in [0.717, 1.165) is 67.2 Å².